The first-order valence-corrected chi connectivity index (χ1v) is 10.4. The van der Waals surface area contributed by atoms with Gasteiger partial charge in [0.25, 0.3) is 5.56 Å². The molecule has 0 unspecified atom stereocenters. The van der Waals surface area contributed by atoms with Crippen LogP contribution in [0.1, 0.15) is 42.0 Å². The summed E-state index contributed by atoms with van der Waals surface area (Å²) in [6.07, 6.45) is 1.35. The molecule has 32 heavy (non-hydrogen) atoms. The summed E-state index contributed by atoms with van der Waals surface area (Å²) in [6.45, 7) is 7.65. The van der Waals surface area contributed by atoms with E-state index in [1.165, 1.54) is 17.0 Å². The molecule has 0 saturated heterocycles. The lowest BCUT2D eigenvalue weighted by Crippen LogP contribution is -2.25. The van der Waals surface area contributed by atoms with Gasteiger partial charge in [0.15, 0.2) is 0 Å². The van der Waals surface area contributed by atoms with Crippen molar-refractivity contribution in [2.75, 3.05) is 0 Å². The van der Waals surface area contributed by atoms with Gasteiger partial charge in [-0.25, -0.2) is 9.78 Å². The number of aryl methyl sites for hydroxylation is 2. The first-order valence-electron chi connectivity index (χ1n) is 10.4. The number of para-hydroxylation sites is 1. The zero-order chi connectivity index (χ0) is 23.0. The SMILES string of the molecule is Cc1cc2oc(=O)cc(COC(=O)Cn3cnc4c(C)cccc4c3=O)c2cc1C(C)C. The van der Waals surface area contributed by atoms with Gasteiger partial charge in [0.05, 0.1) is 17.2 Å². The van der Waals surface area contributed by atoms with Crippen LogP contribution in [0.25, 0.3) is 21.9 Å². The highest BCUT2D eigenvalue weighted by atomic mass is 16.5. The Bertz CT molecular complexity index is 1460. The number of carbonyl (C=O) groups excluding carboxylic acids is 1. The molecule has 4 rings (SSSR count). The lowest BCUT2D eigenvalue weighted by atomic mass is 9.95. The molecule has 2 heterocycles. The predicted molar refractivity (Wildman–Crippen MR) is 122 cm³/mol. The number of rotatable bonds is 5. The normalized spacial score (nSPS) is 11.4. The van der Waals surface area contributed by atoms with E-state index in [2.05, 4.69) is 18.8 Å². The van der Waals surface area contributed by atoms with Crippen molar-refractivity contribution < 1.29 is 13.9 Å². The monoisotopic (exact) mass is 432 g/mol. The summed E-state index contributed by atoms with van der Waals surface area (Å²) >= 11 is 0. The molecule has 7 heteroatoms. The molecule has 0 spiro atoms. The number of ether oxygens (including phenoxy) is 1. The second-order valence-corrected chi connectivity index (χ2v) is 8.26. The molecule has 2 aromatic heterocycles. The summed E-state index contributed by atoms with van der Waals surface area (Å²) in [7, 11) is 0. The number of fused-ring (bicyclic) bond motifs is 2. The second kappa shape index (κ2) is 8.42. The van der Waals surface area contributed by atoms with Crippen molar-refractivity contribution >= 4 is 27.8 Å². The Kier molecular flexibility index (Phi) is 5.65. The lowest BCUT2D eigenvalue weighted by Gasteiger charge is -2.13. The van der Waals surface area contributed by atoms with Crippen molar-refractivity contribution in [1.82, 2.24) is 9.55 Å². The maximum Gasteiger partial charge on any atom is 0.336 e. The van der Waals surface area contributed by atoms with Gasteiger partial charge in [-0.3, -0.25) is 14.2 Å². The molecule has 0 saturated carbocycles. The number of hydrogen-bond donors (Lipinski definition) is 0. The van der Waals surface area contributed by atoms with Crippen molar-refractivity contribution in [3.63, 3.8) is 0 Å². The highest BCUT2D eigenvalue weighted by Gasteiger charge is 2.14. The van der Waals surface area contributed by atoms with E-state index in [1.807, 2.05) is 32.0 Å². The van der Waals surface area contributed by atoms with Gasteiger partial charge in [0, 0.05) is 17.0 Å². The van der Waals surface area contributed by atoms with E-state index in [4.69, 9.17) is 9.15 Å². The van der Waals surface area contributed by atoms with Crippen molar-refractivity contribution in [2.24, 2.45) is 0 Å². The number of hydrogen-bond acceptors (Lipinski definition) is 6. The number of aromatic nitrogens is 2. The Labute approximate surface area is 184 Å². The predicted octanol–water partition coefficient (Wildman–Crippen LogP) is 3.99. The quantitative estimate of drug-likeness (QED) is 0.350. The molecule has 0 N–H and O–H groups in total. The van der Waals surface area contributed by atoms with Crippen LogP contribution in [-0.4, -0.2) is 15.5 Å². The van der Waals surface area contributed by atoms with Gasteiger partial charge in [0.2, 0.25) is 0 Å². The molecule has 0 radical (unpaired) electrons. The molecular weight excluding hydrogens is 408 g/mol. The van der Waals surface area contributed by atoms with Crippen molar-refractivity contribution in [2.45, 2.75) is 46.8 Å². The molecule has 0 bridgehead atoms. The van der Waals surface area contributed by atoms with Crippen LogP contribution in [0.5, 0.6) is 0 Å². The van der Waals surface area contributed by atoms with Crippen molar-refractivity contribution in [3.8, 4) is 0 Å². The van der Waals surface area contributed by atoms with E-state index >= 15 is 0 Å². The Morgan fingerprint density at radius 2 is 1.88 bits per heavy atom. The zero-order valence-electron chi connectivity index (χ0n) is 18.5. The average molecular weight is 432 g/mol. The van der Waals surface area contributed by atoms with Crippen LogP contribution in [0, 0.1) is 13.8 Å². The molecule has 0 fully saturated rings. The molecule has 2 aromatic carbocycles. The molecule has 0 amide bonds. The van der Waals surface area contributed by atoms with Gasteiger partial charge in [-0.1, -0.05) is 26.0 Å². The summed E-state index contributed by atoms with van der Waals surface area (Å²) in [5.74, 6) is -0.309. The van der Waals surface area contributed by atoms with E-state index in [-0.39, 0.29) is 24.6 Å². The van der Waals surface area contributed by atoms with Crippen molar-refractivity contribution in [3.05, 3.63) is 85.8 Å². The fourth-order valence-corrected chi connectivity index (χ4v) is 3.93. The number of esters is 1. The molecule has 0 atom stereocenters. The molecule has 0 aliphatic carbocycles. The highest BCUT2D eigenvalue weighted by molar-refractivity contribution is 5.83. The molecular formula is C25H24N2O5. The minimum Gasteiger partial charge on any atom is -0.459 e. The first-order chi connectivity index (χ1) is 15.2. The van der Waals surface area contributed by atoms with Crippen LogP contribution >= 0.6 is 0 Å². The summed E-state index contributed by atoms with van der Waals surface area (Å²) in [5.41, 5.74) is 3.86. The van der Waals surface area contributed by atoms with Crippen molar-refractivity contribution in [1.29, 1.82) is 0 Å². The van der Waals surface area contributed by atoms with Gasteiger partial charge >= 0.3 is 11.6 Å². The van der Waals surface area contributed by atoms with E-state index in [9.17, 15) is 14.4 Å². The van der Waals surface area contributed by atoms with Crippen LogP contribution < -0.4 is 11.2 Å². The van der Waals surface area contributed by atoms with Crippen LogP contribution in [0.15, 0.2) is 56.7 Å². The zero-order valence-corrected chi connectivity index (χ0v) is 18.5. The smallest absolute Gasteiger partial charge is 0.336 e. The minimum absolute atomic E-state index is 0.101. The summed E-state index contributed by atoms with van der Waals surface area (Å²) < 4.78 is 12.0. The fraction of sp³-hybridized carbons (Fsp3) is 0.280. The standard InChI is InChI=1S/C25H24N2O5/c1-14(2)19-10-20-17(9-22(28)32-21(20)8-16(19)4)12-31-23(29)11-27-13-26-24-15(3)6-5-7-18(24)25(27)30/h5-10,13-14H,11-12H2,1-4H3. The molecule has 0 aliphatic heterocycles. The lowest BCUT2D eigenvalue weighted by molar-refractivity contribution is -0.145. The molecule has 164 valence electrons. The summed E-state index contributed by atoms with van der Waals surface area (Å²) in [4.78, 5) is 41.5. The second-order valence-electron chi connectivity index (χ2n) is 8.26. The van der Waals surface area contributed by atoms with Crippen LogP contribution in [-0.2, 0) is 22.7 Å². The topological polar surface area (TPSA) is 91.4 Å². The number of benzene rings is 2. The van der Waals surface area contributed by atoms with E-state index in [1.54, 1.807) is 12.1 Å². The Balaban J connectivity index is 1.59. The summed E-state index contributed by atoms with van der Waals surface area (Å²) in [6, 6.07) is 10.5. The Morgan fingerprint density at radius 1 is 1.09 bits per heavy atom. The first kappa shape index (κ1) is 21.5. The van der Waals surface area contributed by atoms with E-state index in [0.29, 0.717) is 22.0 Å². The van der Waals surface area contributed by atoms with Gasteiger partial charge in [0.1, 0.15) is 18.7 Å². The Morgan fingerprint density at radius 3 is 2.62 bits per heavy atom. The Hall–Kier alpha value is -3.74. The molecule has 4 aromatic rings. The maximum absolute atomic E-state index is 12.7. The average Bonchev–Trinajstić information content (AvgIpc) is 2.73. The highest BCUT2D eigenvalue weighted by Crippen LogP contribution is 2.27. The minimum atomic E-state index is -0.599. The third-order valence-electron chi connectivity index (χ3n) is 5.58. The largest absolute Gasteiger partial charge is 0.459 e. The van der Waals surface area contributed by atoms with Crippen LogP contribution in [0.2, 0.25) is 0 Å². The van der Waals surface area contributed by atoms with Gasteiger partial charge in [-0.2, -0.15) is 0 Å². The van der Waals surface area contributed by atoms with Gasteiger partial charge < -0.3 is 9.15 Å². The fourth-order valence-electron chi connectivity index (χ4n) is 3.93. The third-order valence-corrected chi connectivity index (χ3v) is 5.58. The van der Waals surface area contributed by atoms with Crippen LogP contribution in [0.4, 0.5) is 0 Å². The van der Waals surface area contributed by atoms with E-state index in [0.717, 1.165) is 22.1 Å². The summed E-state index contributed by atoms with van der Waals surface area (Å²) in [5, 5.41) is 1.18. The number of nitrogens with zero attached hydrogens (tertiary/aromatic N) is 2. The van der Waals surface area contributed by atoms with Gasteiger partial charge in [-0.05, 0) is 54.7 Å². The molecule has 0 aliphatic rings. The van der Waals surface area contributed by atoms with Crippen LogP contribution in [0.3, 0.4) is 0 Å². The maximum atomic E-state index is 12.7. The molecule has 7 nitrogen and oxygen atoms in total. The van der Waals surface area contributed by atoms with E-state index < -0.39 is 11.6 Å². The third kappa shape index (κ3) is 4.06. The van der Waals surface area contributed by atoms with Gasteiger partial charge in [-0.15, -0.1) is 0 Å². The number of carbonyl (C=O) groups is 1.